The van der Waals surface area contributed by atoms with Gasteiger partial charge in [0.15, 0.2) is 17.6 Å². The number of amides is 1. The van der Waals surface area contributed by atoms with Gasteiger partial charge in [-0.2, -0.15) is 0 Å². The van der Waals surface area contributed by atoms with Gasteiger partial charge < -0.3 is 24.2 Å². The maximum absolute atomic E-state index is 14.0. The van der Waals surface area contributed by atoms with Crippen LogP contribution in [0.25, 0.3) is 0 Å². The van der Waals surface area contributed by atoms with E-state index < -0.39 is 23.9 Å². The molecule has 1 saturated carbocycles. The third-order valence-electron chi connectivity index (χ3n) is 7.55. The van der Waals surface area contributed by atoms with Gasteiger partial charge in [0.1, 0.15) is 18.5 Å². The van der Waals surface area contributed by atoms with Gasteiger partial charge in [0.25, 0.3) is 5.91 Å². The van der Waals surface area contributed by atoms with E-state index in [0.29, 0.717) is 28.2 Å². The zero-order valence-corrected chi connectivity index (χ0v) is 22.9. The molecule has 210 valence electrons. The Morgan fingerprint density at radius 1 is 1.10 bits per heavy atom. The number of hydrogen-bond acceptors (Lipinski definition) is 5. The zero-order chi connectivity index (χ0) is 28.2. The number of rotatable bonds is 9. The fourth-order valence-corrected chi connectivity index (χ4v) is 5.56. The number of ether oxygens (including phenoxy) is 3. The lowest BCUT2D eigenvalue weighted by Crippen LogP contribution is -2.50. The minimum absolute atomic E-state index is 0.0122. The summed E-state index contributed by atoms with van der Waals surface area (Å²) in [6, 6.07) is 16.0. The fourth-order valence-electron chi connectivity index (χ4n) is 5.45. The van der Waals surface area contributed by atoms with Crippen LogP contribution in [0, 0.1) is 5.82 Å². The van der Waals surface area contributed by atoms with Crippen molar-refractivity contribution >= 4 is 23.5 Å². The van der Waals surface area contributed by atoms with Crippen LogP contribution in [0.1, 0.15) is 54.0 Å². The first-order valence-electron chi connectivity index (χ1n) is 13.3. The second kappa shape index (κ2) is 12.3. The molecule has 5 rings (SSSR count). The summed E-state index contributed by atoms with van der Waals surface area (Å²) in [5, 5.41) is 10.3. The van der Waals surface area contributed by atoms with E-state index in [0.717, 1.165) is 31.2 Å². The van der Waals surface area contributed by atoms with Crippen molar-refractivity contribution in [2.75, 3.05) is 7.11 Å². The number of carboxylic acid groups (broad SMARTS) is 1. The second-order valence-corrected chi connectivity index (χ2v) is 10.5. The normalized spacial score (nSPS) is 17.8. The van der Waals surface area contributed by atoms with Crippen LogP contribution in [0.15, 0.2) is 60.7 Å². The summed E-state index contributed by atoms with van der Waals surface area (Å²) < 4.78 is 31.9. The molecule has 1 amide bonds. The summed E-state index contributed by atoms with van der Waals surface area (Å²) in [5.74, 6) is -1.27. The maximum atomic E-state index is 14.0. The predicted molar refractivity (Wildman–Crippen MR) is 147 cm³/mol. The van der Waals surface area contributed by atoms with Crippen LogP contribution in [0.4, 0.5) is 4.39 Å². The molecule has 1 aliphatic heterocycles. The first kappa shape index (κ1) is 27.9. The van der Waals surface area contributed by atoms with Crippen LogP contribution in [0.3, 0.4) is 0 Å². The molecule has 1 aliphatic carbocycles. The average Bonchev–Trinajstić information content (AvgIpc) is 3.49. The van der Waals surface area contributed by atoms with Gasteiger partial charge in [0.2, 0.25) is 0 Å². The Bertz CT molecular complexity index is 1380. The number of halogens is 2. The van der Waals surface area contributed by atoms with Crippen molar-refractivity contribution in [3.05, 3.63) is 93.8 Å². The number of methoxy groups -OCH3 is 1. The summed E-state index contributed by atoms with van der Waals surface area (Å²) in [4.78, 5) is 28.0. The largest absolute Gasteiger partial charge is 0.493 e. The molecule has 0 radical (unpaired) electrons. The SMILES string of the molecule is COc1ccc2c(c1OCc1ccc(Cl)c(F)c1)C[C@@H](C(=O)O)N(C(=O)[C@H](OC1CCCC1)c1ccccc1)C2. The van der Waals surface area contributed by atoms with Crippen molar-refractivity contribution in [2.24, 2.45) is 0 Å². The highest BCUT2D eigenvalue weighted by molar-refractivity contribution is 6.30. The molecule has 3 aromatic carbocycles. The van der Waals surface area contributed by atoms with E-state index in [1.807, 2.05) is 36.4 Å². The summed E-state index contributed by atoms with van der Waals surface area (Å²) in [5.41, 5.74) is 2.64. The van der Waals surface area contributed by atoms with Gasteiger partial charge >= 0.3 is 5.97 Å². The smallest absolute Gasteiger partial charge is 0.326 e. The number of fused-ring (bicyclic) bond motifs is 1. The maximum Gasteiger partial charge on any atom is 0.326 e. The molecule has 7 nitrogen and oxygen atoms in total. The Labute approximate surface area is 237 Å². The van der Waals surface area contributed by atoms with E-state index in [1.54, 1.807) is 12.1 Å². The molecular formula is C31H31ClFNO6. The molecular weight excluding hydrogens is 537 g/mol. The Morgan fingerprint density at radius 2 is 1.85 bits per heavy atom. The van der Waals surface area contributed by atoms with Crippen LogP contribution < -0.4 is 9.47 Å². The number of nitrogens with zero attached hydrogens (tertiary/aromatic N) is 1. The van der Waals surface area contributed by atoms with E-state index in [9.17, 15) is 19.1 Å². The topological polar surface area (TPSA) is 85.3 Å². The van der Waals surface area contributed by atoms with Crippen LogP contribution in [0.2, 0.25) is 5.02 Å². The third-order valence-corrected chi connectivity index (χ3v) is 7.85. The first-order chi connectivity index (χ1) is 19.4. The molecule has 0 spiro atoms. The molecule has 9 heteroatoms. The van der Waals surface area contributed by atoms with Crippen LogP contribution in [0.5, 0.6) is 11.5 Å². The van der Waals surface area contributed by atoms with Crippen LogP contribution in [-0.2, 0) is 33.9 Å². The van der Waals surface area contributed by atoms with Gasteiger partial charge in [0, 0.05) is 18.5 Å². The highest BCUT2D eigenvalue weighted by Crippen LogP contribution is 2.40. The predicted octanol–water partition coefficient (Wildman–Crippen LogP) is 6.11. The molecule has 0 bridgehead atoms. The van der Waals surface area contributed by atoms with E-state index in [-0.39, 0.29) is 36.6 Å². The van der Waals surface area contributed by atoms with E-state index in [4.69, 9.17) is 25.8 Å². The van der Waals surface area contributed by atoms with Crippen molar-refractivity contribution in [1.82, 2.24) is 4.90 Å². The Hall–Kier alpha value is -3.62. The molecule has 1 N–H and O–H groups in total. The second-order valence-electron chi connectivity index (χ2n) is 10.1. The van der Waals surface area contributed by atoms with E-state index >= 15 is 0 Å². The summed E-state index contributed by atoms with van der Waals surface area (Å²) >= 11 is 5.80. The molecule has 40 heavy (non-hydrogen) atoms. The molecule has 3 aromatic rings. The van der Waals surface area contributed by atoms with Crippen LogP contribution in [-0.4, -0.2) is 41.1 Å². The van der Waals surface area contributed by atoms with Gasteiger partial charge in [-0.05, 0) is 47.7 Å². The lowest BCUT2D eigenvalue weighted by molar-refractivity contribution is -0.160. The number of carbonyl (C=O) groups excluding carboxylic acids is 1. The van der Waals surface area contributed by atoms with E-state index in [1.165, 1.54) is 24.1 Å². The Kier molecular flexibility index (Phi) is 8.57. The van der Waals surface area contributed by atoms with Gasteiger partial charge in [-0.3, -0.25) is 4.79 Å². The monoisotopic (exact) mass is 567 g/mol. The Morgan fingerprint density at radius 3 is 2.52 bits per heavy atom. The standard InChI is InChI=1S/C31H31ClFNO6/c1-38-27-14-12-21-17-34(30(35)28(20-7-3-2-4-8-20)40-22-9-5-6-10-22)26(31(36)37)16-23(21)29(27)39-18-19-11-13-24(32)25(33)15-19/h2-4,7-8,11-15,22,26,28H,5-6,9-10,16-18H2,1H3,(H,36,37)/t26-,28+/m0/s1. The van der Waals surface area contributed by atoms with Crippen molar-refractivity contribution < 1.29 is 33.3 Å². The minimum atomic E-state index is -1.14. The average molecular weight is 568 g/mol. The quantitative estimate of drug-likeness (QED) is 0.336. The molecule has 1 fully saturated rings. The highest BCUT2D eigenvalue weighted by atomic mass is 35.5. The molecule has 0 aromatic heterocycles. The Balaban J connectivity index is 1.45. The van der Waals surface area contributed by atoms with Crippen molar-refractivity contribution in [3.8, 4) is 11.5 Å². The van der Waals surface area contributed by atoms with Gasteiger partial charge in [-0.1, -0.05) is 66.9 Å². The zero-order valence-electron chi connectivity index (χ0n) is 22.1. The third kappa shape index (κ3) is 5.93. The first-order valence-corrected chi connectivity index (χ1v) is 13.7. The summed E-state index contributed by atoms with van der Waals surface area (Å²) in [6.07, 6.45) is 2.91. The minimum Gasteiger partial charge on any atom is -0.493 e. The van der Waals surface area contributed by atoms with Crippen molar-refractivity contribution in [3.63, 3.8) is 0 Å². The fraction of sp³-hybridized carbons (Fsp3) is 0.355. The van der Waals surface area contributed by atoms with Gasteiger partial charge in [0.05, 0.1) is 18.2 Å². The van der Waals surface area contributed by atoms with Gasteiger partial charge in [-0.15, -0.1) is 0 Å². The summed E-state index contributed by atoms with van der Waals surface area (Å²) in [7, 11) is 1.49. The van der Waals surface area contributed by atoms with Gasteiger partial charge in [-0.25, -0.2) is 9.18 Å². The highest BCUT2D eigenvalue weighted by Gasteiger charge is 2.41. The molecule has 2 atom stereocenters. The lowest BCUT2D eigenvalue weighted by atomic mass is 9.91. The molecule has 0 unspecified atom stereocenters. The van der Waals surface area contributed by atoms with Crippen molar-refractivity contribution in [2.45, 2.75) is 63.5 Å². The van der Waals surface area contributed by atoms with Crippen LogP contribution >= 0.6 is 11.6 Å². The molecule has 1 heterocycles. The summed E-state index contributed by atoms with van der Waals surface area (Å²) in [6.45, 7) is 0.0883. The number of aliphatic carboxylic acids is 1. The van der Waals surface area contributed by atoms with E-state index in [2.05, 4.69) is 0 Å². The number of carboxylic acids is 1. The van der Waals surface area contributed by atoms with Crippen molar-refractivity contribution in [1.29, 1.82) is 0 Å². The number of hydrogen-bond donors (Lipinski definition) is 1. The molecule has 0 saturated heterocycles. The number of benzene rings is 3. The lowest BCUT2D eigenvalue weighted by Gasteiger charge is -2.37. The number of carbonyl (C=O) groups is 2. The molecule has 2 aliphatic rings.